The Hall–Kier alpha value is -0.990. The first-order valence-electron chi connectivity index (χ1n) is 5.22. The number of hydrogen-bond acceptors (Lipinski definition) is 1. The molecule has 1 fully saturated rings. The van der Waals surface area contributed by atoms with E-state index in [4.69, 9.17) is 17.3 Å². The van der Waals surface area contributed by atoms with Crippen LogP contribution in [-0.4, -0.2) is 11.5 Å². The van der Waals surface area contributed by atoms with Crippen LogP contribution in [0.2, 0.25) is 5.02 Å². The molecule has 15 heavy (non-hydrogen) atoms. The SMILES string of the molecule is NCC1(c2cc3cc(Cl)ccc3[nH]2)CC1. The highest BCUT2D eigenvalue weighted by molar-refractivity contribution is 6.31. The minimum Gasteiger partial charge on any atom is -0.358 e. The Balaban J connectivity index is 2.14. The van der Waals surface area contributed by atoms with Crippen molar-refractivity contribution >= 4 is 22.5 Å². The first-order valence-corrected chi connectivity index (χ1v) is 5.60. The number of halogens is 1. The van der Waals surface area contributed by atoms with Crippen LogP contribution >= 0.6 is 11.6 Å². The van der Waals surface area contributed by atoms with Crippen LogP contribution in [-0.2, 0) is 5.41 Å². The van der Waals surface area contributed by atoms with Gasteiger partial charge in [-0.2, -0.15) is 0 Å². The monoisotopic (exact) mass is 220 g/mol. The van der Waals surface area contributed by atoms with Crippen molar-refractivity contribution in [1.29, 1.82) is 0 Å². The Kier molecular flexibility index (Phi) is 1.85. The molecule has 2 nitrogen and oxygen atoms in total. The van der Waals surface area contributed by atoms with E-state index in [0.29, 0.717) is 0 Å². The van der Waals surface area contributed by atoms with E-state index in [9.17, 15) is 0 Å². The van der Waals surface area contributed by atoms with Crippen molar-refractivity contribution in [3.63, 3.8) is 0 Å². The molecule has 1 aliphatic carbocycles. The summed E-state index contributed by atoms with van der Waals surface area (Å²) in [6.07, 6.45) is 2.40. The van der Waals surface area contributed by atoms with E-state index in [1.165, 1.54) is 23.9 Å². The van der Waals surface area contributed by atoms with Gasteiger partial charge < -0.3 is 10.7 Å². The van der Waals surface area contributed by atoms with Gasteiger partial charge in [-0.3, -0.25) is 0 Å². The van der Waals surface area contributed by atoms with Gasteiger partial charge in [0.2, 0.25) is 0 Å². The van der Waals surface area contributed by atoms with Crippen LogP contribution in [0.25, 0.3) is 10.9 Å². The summed E-state index contributed by atoms with van der Waals surface area (Å²) in [6, 6.07) is 8.10. The fourth-order valence-corrected chi connectivity index (χ4v) is 2.30. The van der Waals surface area contributed by atoms with Gasteiger partial charge in [0.1, 0.15) is 0 Å². The van der Waals surface area contributed by atoms with E-state index >= 15 is 0 Å². The highest BCUT2D eigenvalue weighted by atomic mass is 35.5. The number of hydrogen-bond donors (Lipinski definition) is 2. The number of nitrogens with two attached hydrogens (primary N) is 1. The van der Waals surface area contributed by atoms with Crippen LogP contribution in [0.1, 0.15) is 18.5 Å². The predicted molar refractivity (Wildman–Crippen MR) is 63.3 cm³/mol. The molecule has 0 spiro atoms. The van der Waals surface area contributed by atoms with Crippen LogP contribution in [0.15, 0.2) is 24.3 Å². The van der Waals surface area contributed by atoms with Gasteiger partial charge in [-0.15, -0.1) is 0 Å². The summed E-state index contributed by atoms with van der Waals surface area (Å²) in [7, 11) is 0. The van der Waals surface area contributed by atoms with Gasteiger partial charge in [0.05, 0.1) is 0 Å². The summed E-state index contributed by atoms with van der Waals surface area (Å²) in [4.78, 5) is 3.44. The van der Waals surface area contributed by atoms with Crippen molar-refractivity contribution in [2.75, 3.05) is 6.54 Å². The van der Waals surface area contributed by atoms with Crippen molar-refractivity contribution in [3.05, 3.63) is 35.0 Å². The average molecular weight is 221 g/mol. The number of fused-ring (bicyclic) bond motifs is 1. The summed E-state index contributed by atoms with van der Waals surface area (Å²) < 4.78 is 0. The largest absolute Gasteiger partial charge is 0.358 e. The van der Waals surface area contributed by atoms with Crippen molar-refractivity contribution < 1.29 is 0 Å². The molecule has 78 valence electrons. The van der Waals surface area contributed by atoms with Crippen LogP contribution < -0.4 is 5.73 Å². The Labute approximate surface area is 93.4 Å². The second-order valence-corrected chi connectivity index (χ2v) is 4.84. The third-order valence-electron chi connectivity index (χ3n) is 3.40. The zero-order chi connectivity index (χ0) is 10.5. The number of aromatic amines is 1. The van der Waals surface area contributed by atoms with Crippen LogP contribution in [0.5, 0.6) is 0 Å². The highest BCUT2D eigenvalue weighted by Crippen LogP contribution is 2.47. The lowest BCUT2D eigenvalue weighted by atomic mass is 10.0. The van der Waals surface area contributed by atoms with Gasteiger partial charge in [0, 0.05) is 33.6 Å². The molecule has 3 rings (SSSR count). The number of nitrogens with one attached hydrogen (secondary N) is 1. The minimum absolute atomic E-state index is 0.228. The van der Waals surface area contributed by atoms with Crippen LogP contribution in [0.4, 0.5) is 0 Å². The van der Waals surface area contributed by atoms with Gasteiger partial charge in [0.15, 0.2) is 0 Å². The average Bonchev–Trinajstić information content (AvgIpc) is 2.93. The Morgan fingerprint density at radius 2 is 2.13 bits per heavy atom. The normalized spacial score (nSPS) is 18.3. The van der Waals surface area contributed by atoms with Gasteiger partial charge in [-0.25, -0.2) is 0 Å². The molecular formula is C12H13ClN2. The number of aromatic nitrogens is 1. The van der Waals surface area contributed by atoms with Crippen molar-refractivity contribution in [3.8, 4) is 0 Å². The fraction of sp³-hybridized carbons (Fsp3) is 0.333. The molecule has 1 saturated carbocycles. The zero-order valence-corrected chi connectivity index (χ0v) is 9.14. The molecule has 3 heteroatoms. The van der Waals surface area contributed by atoms with Gasteiger partial charge in [-0.1, -0.05) is 11.6 Å². The molecule has 1 aliphatic rings. The Morgan fingerprint density at radius 1 is 1.33 bits per heavy atom. The smallest absolute Gasteiger partial charge is 0.0457 e. The maximum absolute atomic E-state index is 5.95. The van der Waals surface area contributed by atoms with E-state index in [2.05, 4.69) is 11.1 Å². The molecule has 0 atom stereocenters. The van der Waals surface area contributed by atoms with Gasteiger partial charge >= 0.3 is 0 Å². The molecule has 0 saturated heterocycles. The standard InChI is InChI=1S/C12H13ClN2/c13-9-1-2-10-8(5-9)6-11(15-10)12(7-14)3-4-12/h1-2,5-6,15H,3-4,7,14H2. The topological polar surface area (TPSA) is 41.8 Å². The van der Waals surface area contributed by atoms with Crippen molar-refractivity contribution in [2.24, 2.45) is 5.73 Å². The lowest BCUT2D eigenvalue weighted by Crippen LogP contribution is -2.19. The molecule has 0 amide bonds. The molecular weight excluding hydrogens is 208 g/mol. The predicted octanol–water partition coefficient (Wildman–Crippen LogP) is 2.81. The molecule has 0 bridgehead atoms. The van der Waals surface area contributed by atoms with E-state index in [0.717, 1.165) is 17.1 Å². The van der Waals surface area contributed by atoms with E-state index in [-0.39, 0.29) is 5.41 Å². The summed E-state index contributed by atoms with van der Waals surface area (Å²) in [5.74, 6) is 0. The number of benzene rings is 1. The molecule has 0 unspecified atom stereocenters. The molecule has 1 heterocycles. The lowest BCUT2D eigenvalue weighted by molar-refractivity contribution is 0.686. The minimum atomic E-state index is 0.228. The molecule has 1 aromatic heterocycles. The van der Waals surface area contributed by atoms with E-state index < -0.39 is 0 Å². The summed E-state index contributed by atoms with van der Waals surface area (Å²) in [6.45, 7) is 0.730. The Morgan fingerprint density at radius 3 is 2.80 bits per heavy atom. The van der Waals surface area contributed by atoms with Crippen LogP contribution in [0.3, 0.4) is 0 Å². The first-order chi connectivity index (χ1) is 7.23. The van der Waals surface area contributed by atoms with E-state index in [1.54, 1.807) is 0 Å². The van der Waals surface area contributed by atoms with Crippen molar-refractivity contribution in [1.82, 2.24) is 4.98 Å². The molecule has 0 radical (unpaired) electrons. The van der Waals surface area contributed by atoms with Crippen molar-refractivity contribution in [2.45, 2.75) is 18.3 Å². The highest BCUT2D eigenvalue weighted by Gasteiger charge is 2.44. The number of H-pyrrole nitrogens is 1. The lowest BCUT2D eigenvalue weighted by Gasteiger charge is -2.08. The Bertz CT molecular complexity index is 511. The molecule has 2 aromatic rings. The summed E-state index contributed by atoms with van der Waals surface area (Å²) in [5, 5.41) is 1.96. The maximum atomic E-state index is 5.95. The summed E-state index contributed by atoms with van der Waals surface area (Å²) in [5.41, 5.74) is 8.45. The molecule has 1 aromatic carbocycles. The first kappa shape index (κ1) is 9.25. The van der Waals surface area contributed by atoms with Gasteiger partial charge in [0.25, 0.3) is 0 Å². The molecule has 0 aliphatic heterocycles. The second-order valence-electron chi connectivity index (χ2n) is 4.40. The zero-order valence-electron chi connectivity index (χ0n) is 8.39. The summed E-state index contributed by atoms with van der Waals surface area (Å²) >= 11 is 5.95. The maximum Gasteiger partial charge on any atom is 0.0457 e. The fourth-order valence-electron chi connectivity index (χ4n) is 2.12. The second kappa shape index (κ2) is 3.00. The number of rotatable bonds is 2. The quantitative estimate of drug-likeness (QED) is 0.803. The third-order valence-corrected chi connectivity index (χ3v) is 3.63. The van der Waals surface area contributed by atoms with Crippen LogP contribution in [0, 0.1) is 0 Å². The van der Waals surface area contributed by atoms with Gasteiger partial charge in [-0.05, 0) is 37.1 Å². The van der Waals surface area contributed by atoms with E-state index in [1.807, 2.05) is 18.2 Å². The third kappa shape index (κ3) is 1.36. The molecule has 3 N–H and O–H groups in total.